The molecular weight excluding hydrogens is 1910 g/mol. The van der Waals surface area contributed by atoms with Gasteiger partial charge in [0.15, 0.2) is 0 Å². The van der Waals surface area contributed by atoms with Crippen LogP contribution in [0, 0.1) is 0 Å². The van der Waals surface area contributed by atoms with Gasteiger partial charge in [0.1, 0.15) is 0 Å². The molecule has 0 aliphatic heterocycles. The molecule has 0 saturated heterocycles. The maximum atomic E-state index is 5.15. The van der Waals surface area contributed by atoms with Crippen molar-refractivity contribution in [3.63, 3.8) is 0 Å². The molecule has 27 aromatic rings. The van der Waals surface area contributed by atoms with Crippen LogP contribution in [0.15, 0.2) is 510 Å². The Morgan fingerprint density at radius 1 is 0.113 bits per heavy atom. The predicted octanol–water partition coefficient (Wildman–Crippen LogP) is 34.0. The molecule has 0 atom stereocenters. The summed E-state index contributed by atoms with van der Waals surface area (Å²) < 4.78 is 8.77. The van der Waals surface area contributed by atoms with Gasteiger partial charge in [-0.2, -0.15) is 0 Å². The molecule has 27 rings (SSSR count). The quantitative estimate of drug-likeness (QED) is 0.0952. The second kappa shape index (κ2) is 37.9. The molecule has 0 N–H and O–H groups in total. The largest absolute Gasteiger partial charge is 0.0617 e. The van der Waals surface area contributed by atoms with Crippen LogP contribution in [0.2, 0.25) is 0 Å². The molecule has 0 fully saturated rings. The molecule has 5 heterocycles. The molecular formula is C132H84N6Se3. The maximum Gasteiger partial charge on any atom is -0.0544 e. The van der Waals surface area contributed by atoms with Crippen molar-refractivity contribution in [3.05, 3.63) is 510 Å². The van der Waals surface area contributed by atoms with Crippen LogP contribution < -0.4 is 0 Å². The van der Waals surface area contributed by atoms with Crippen LogP contribution in [-0.2, 0) is 0 Å². The molecule has 9 heteroatoms. The van der Waals surface area contributed by atoms with E-state index in [1.54, 1.807) is 0 Å². The smallest absolute Gasteiger partial charge is 0.0544 e. The Morgan fingerprint density at radius 2 is 0.340 bits per heavy atom. The van der Waals surface area contributed by atoms with E-state index in [1.807, 2.05) is 48.5 Å². The van der Waals surface area contributed by atoms with E-state index in [1.165, 1.54) is 157 Å². The SMILES string of the molecule is c1ccc(-c2cccc(-c3cc(-c4ccccc4)cc(-c4ccc5cccc(-c6cccc7c6[se]c6ccccc67)c5c4)c3)c2)cc1.c1ccc(-c2cccc(-c3nc(-c4ccccc4)nc(-c4ccc(-c5cccc6c5[se]c5ccccc56)c5ccccc45)n3)c2)cc1.c1ccc(-c2cccc(-c3nc(-c4ccccc4)nc(-c4cccc5c(-c6cccc7c6[se]c6ccccc67)cccc45)n3)c2)cc1. The van der Waals surface area contributed by atoms with Crippen molar-refractivity contribution in [1.82, 2.24) is 29.9 Å². The minimum atomic E-state index is 0.254. The fraction of sp³-hybridized carbons (Fsp3) is 0. The Bertz CT molecular complexity index is 8950. The van der Waals surface area contributed by atoms with Gasteiger partial charge in [-0.25, -0.2) is 0 Å². The Morgan fingerprint density at radius 3 is 0.745 bits per heavy atom. The molecule has 0 spiro atoms. The normalized spacial score (nSPS) is 11.4. The van der Waals surface area contributed by atoms with E-state index in [0.717, 1.165) is 66.4 Å². The van der Waals surface area contributed by atoms with Gasteiger partial charge in [-0.1, -0.05) is 127 Å². The van der Waals surface area contributed by atoms with Crippen molar-refractivity contribution >= 4 is 134 Å². The number of aromatic nitrogens is 6. The van der Waals surface area contributed by atoms with Crippen LogP contribution in [0.1, 0.15) is 0 Å². The molecule has 141 heavy (non-hydrogen) atoms. The van der Waals surface area contributed by atoms with Gasteiger partial charge in [0.2, 0.25) is 0 Å². The van der Waals surface area contributed by atoms with Gasteiger partial charge in [0.05, 0.1) is 0 Å². The van der Waals surface area contributed by atoms with Gasteiger partial charge in [-0.3, -0.25) is 0 Å². The first-order valence-corrected chi connectivity index (χ1v) is 52.6. The predicted molar refractivity (Wildman–Crippen MR) is 596 cm³/mol. The van der Waals surface area contributed by atoms with E-state index in [-0.39, 0.29) is 43.5 Å². The summed E-state index contributed by atoms with van der Waals surface area (Å²) in [5.74, 6) is 3.95. The summed E-state index contributed by atoms with van der Waals surface area (Å²) in [5, 5.41) is 15.4. The number of rotatable bonds is 15. The molecule has 0 bridgehead atoms. The maximum absolute atomic E-state index is 5.15. The molecule has 0 saturated carbocycles. The minimum absolute atomic E-state index is 0.254. The van der Waals surface area contributed by atoms with Crippen LogP contribution in [0.5, 0.6) is 0 Å². The zero-order valence-corrected chi connectivity index (χ0v) is 81.5. The van der Waals surface area contributed by atoms with Crippen molar-refractivity contribution in [2.75, 3.05) is 0 Å². The third kappa shape index (κ3) is 16.9. The summed E-state index contributed by atoms with van der Waals surface area (Å²) in [6, 6.07) is 182. The van der Waals surface area contributed by atoms with Gasteiger partial charge < -0.3 is 0 Å². The molecule has 0 radical (unpaired) electrons. The van der Waals surface area contributed by atoms with E-state index in [9.17, 15) is 0 Å². The van der Waals surface area contributed by atoms with Gasteiger partial charge in [-0.05, 0) is 16.7 Å². The van der Waals surface area contributed by atoms with Crippen molar-refractivity contribution in [2.45, 2.75) is 0 Å². The van der Waals surface area contributed by atoms with Crippen LogP contribution in [0.25, 0.3) is 259 Å². The van der Waals surface area contributed by atoms with Gasteiger partial charge in [-0.15, -0.1) is 0 Å². The zero-order chi connectivity index (χ0) is 93.5. The summed E-state index contributed by atoms with van der Waals surface area (Å²) in [6.45, 7) is 0. The van der Waals surface area contributed by atoms with Gasteiger partial charge >= 0.3 is 698 Å². The summed E-state index contributed by atoms with van der Waals surface area (Å²) in [6.07, 6.45) is 0. The van der Waals surface area contributed by atoms with Crippen molar-refractivity contribution in [1.29, 1.82) is 0 Å². The first kappa shape index (κ1) is 85.8. The topological polar surface area (TPSA) is 77.3 Å². The van der Waals surface area contributed by atoms with E-state index in [2.05, 4.69) is 461 Å². The molecule has 6 nitrogen and oxygen atoms in total. The standard InChI is InChI=1S/C46H30Se.2C43H27N3Se/c1-3-12-31(13-4-1)34-17-9-18-35(26-34)38-27-37(32-14-5-2-6-15-32)28-39(29-38)36-25-24-33-16-10-20-40(44(33)30-36)42-21-11-22-43-41-19-7-8-23-45(41)47-46(42)43;1-3-13-28(14-4-1)30-17-9-18-31(27-30)42-44-41(29-15-5-2-6-16-29)45-43(46-42)38-25-11-20-32-33(21-10-22-34(32)38)36-23-12-24-37-35-19-7-8-26-39(35)47-40(36)37;1-3-13-28(14-4-1)30-17-11-18-31(27-30)42-44-41(29-15-5-2-6-16-29)45-43(46-42)38-26-25-34(32-19-7-8-20-33(32)38)36-22-12-23-37-35-21-9-10-24-39(35)47-40(36)37/h1-30H;2*1-27H. The fourth-order valence-electron chi connectivity index (χ4n) is 19.9. The first-order valence-electron chi connectivity index (χ1n) is 47.5. The Kier molecular flexibility index (Phi) is 23.1. The molecule has 5 aromatic heterocycles. The van der Waals surface area contributed by atoms with E-state index >= 15 is 0 Å². The van der Waals surface area contributed by atoms with Gasteiger partial charge in [0.25, 0.3) is 0 Å². The van der Waals surface area contributed by atoms with E-state index in [0.29, 0.717) is 34.9 Å². The number of hydrogen-bond acceptors (Lipinski definition) is 6. The summed E-state index contributed by atoms with van der Waals surface area (Å²) in [4.78, 5) is 30.5. The molecule has 0 aliphatic rings. The summed E-state index contributed by atoms with van der Waals surface area (Å²) in [5.41, 5.74) is 27.9. The zero-order valence-electron chi connectivity index (χ0n) is 76.4. The number of nitrogens with zero attached hydrogens (tertiary/aromatic N) is 6. The number of benzene rings is 22. The van der Waals surface area contributed by atoms with Crippen LogP contribution in [0.4, 0.5) is 0 Å². The van der Waals surface area contributed by atoms with E-state index in [4.69, 9.17) is 29.9 Å². The fourth-order valence-corrected chi connectivity index (χ4v) is 27.7. The number of fused-ring (bicyclic) bond motifs is 12. The second-order valence-corrected chi connectivity index (χ2v) is 42.0. The third-order valence-corrected chi connectivity index (χ3v) is 34.4. The van der Waals surface area contributed by atoms with Crippen LogP contribution >= 0.6 is 0 Å². The molecule has 22 aromatic carbocycles. The molecule has 0 aliphatic carbocycles. The van der Waals surface area contributed by atoms with Crippen molar-refractivity contribution in [2.24, 2.45) is 0 Å². The Labute approximate surface area is 834 Å². The summed E-state index contributed by atoms with van der Waals surface area (Å²) >= 11 is 0.796. The average molecular weight is 1990 g/mol. The molecule has 0 amide bonds. The Balaban J connectivity index is 0.000000111. The second-order valence-electron chi connectivity index (χ2n) is 35.3. The van der Waals surface area contributed by atoms with E-state index < -0.39 is 0 Å². The Hall–Kier alpha value is -16.8. The van der Waals surface area contributed by atoms with Crippen molar-refractivity contribution < 1.29 is 0 Å². The molecule has 660 valence electrons. The van der Waals surface area contributed by atoms with Crippen molar-refractivity contribution in [3.8, 4) is 168 Å². The molecule has 0 unspecified atom stereocenters. The monoisotopic (exact) mass is 1990 g/mol. The minimum Gasteiger partial charge on any atom is -0.0617 e. The first-order chi connectivity index (χ1) is 69.9. The number of hydrogen-bond donors (Lipinski definition) is 0. The average Bonchev–Trinajstić information content (AvgIpc) is 1.59. The van der Waals surface area contributed by atoms with Crippen LogP contribution in [0.3, 0.4) is 0 Å². The van der Waals surface area contributed by atoms with Gasteiger partial charge in [0, 0.05) is 0 Å². The summed E-state index contributed by atoms with van der Waals surface area (Å²) in [7, 11) is 0. The third-order valence-electron chi connectivity index (χ3n) is 26.8. The van der Waals surface area contributed by atoms with Crippen LogP contribution in [-0.4, -0.2) is 73.4 Å².